The van der Waals surface area contributed by atoms with Crippen molar-refractivity contribution in [2.45, 2.75) is 32.6 Å². The number of halogens is 2. The number of rotatable bonds is 1. The molecule has 2 rings (SSSR count). The summed E-state index contributed by atoms with van der Waals surface area (Å²) in [5, 5.41) is 0. The molecular formula is C14H16F2. The molecule has 1 aromatic rings. The Kier molecular flexibility index (Phi) is 3.37. The molecule has 0 spiro atoms. The molecule has 1 saturated carbocycles. The Morgan fingerprint density at radius 3 is 2.56 bits per heavy atom. The molecule has 1 aromatic carbocycles. The van der Waals surface area contributed by atoms with E-state index in [-0.39, 0.29) is 11.6 Å². The fraction of sp³-hybridized carbons (Fsp3) is 0.429. The van der Waals surface area contributed by atoms with Crippen LogP contribution in [0.15, 0.2) is 23.8 Å². The van der Waals surface area contributed by atoms with Gasteiger partial charge in [-0.05, 0) is 49.8 Å². The summed E-state index contributed by atoms with van der Waals surface area (Å²) in [6.45, 7) is 2.24. The molecule has 0 aromatic heterocycles. The van der Waals surface area contributed by atoms with Gasteiger partial charge in [0, 0.05) is 5.56 Å². The van der Waals surface area contributed by atoms with E-state index in [1.807, 2.05) is 6.08 Å². The van der Waals surface area contributed by atoms with Crippen molar-refractivity contribution in [2.75, 3.05) is 0 Å². The highest BCUT2D eigenvalue weighted by Crippen LogP contribution is 2.29. The van der Waals surface area contributed by atoms with E-state index in [4.69, 9.17) is 0 Å². The van der Waals surface area contributed by atoms with E-state index in [2.05, 4.69) is 6.92 Å². The highest BCUT2D eigenvalue weighted by Gasteiger charge is 2.12. The molecule has 0 saturated heterocycles. The fourth-order valence-electron chi connectivity index (χ4n) is 2.12. The molecular weight excluding hydrogens is 206 g/mol. The van der Waals surface area contributed by atoms with Gasteiger partial charge in [-0.2, -0.15) is 0 Å². The second-order valence-corrected chi connectivity index (χ2v) is 4.65. The van der Waals surface area contributed by atoms with Crippen molar-refractivity contribution in [2.24, 2.45) is 5.92 Å². The summed E-state index contributed by atoms with van der Waals surface area (Å²) in [7, 11) is 0. The van der Waals surface area contributed by atoms with Gasteiger partial charge in [0.25, 0.3) is 0 Å². The maximum atomic E-state index is 13.4. The van der Waals surface area contributed by atoms with Crippen LogP contribution in [0.1, 0.15) is 38.2 Å². The first-order chi connectivity index (χ1) is 7.65. The Morgan fingerprint density at radius 1 is 1.19 bits per heavy atom. The van der Waals surface area contributed by atoms with Gasteiger partial charge in [-0.15, -0.1) is 0 Å². The maximum Gasteiger partial charge on any atom is 0.130 e. The van der Waals surface area contributed by atoms with Crippen LogP contribution < -0.4 is 0 Å². The van der Waals surface area contributed by atoms with Crippen LogP contribution in [-0.4, -0.2) is 0 Å². The molecule has 1 fully saturated rings. The standard InChI is InChI=1S/C14H16F2/c1-10-2-4-11(5-3-10)8-12-9-13(15)6-7-14(12)16/h6-10H,2-5H2,1H3. The zero-order valence-electron chi connectivity index (χ0n) is 9.47. The van der Waals surface area contributed by atoms with E-state index in [9.17, 15) is 8.78 Å². The van der Waals surface area contributed by atoms with E-state index in [1.165, 1.54) is 17.7 Å². The highest BCUT2D eigenvalue weighted by molar-refractivity contribution is 5.53. The third kappa shape index (κ3) is 2.69. The molecule has 0 aliphatic heterocycles. The molecule has 0 unspecified atom stereocenters. The van der Waals surface area contributed by atoms with Crippen molar-refractivity contribution in [1.82, 2.24) is 0 Å². The lowest BCUT2D eigenvalue weighted by molar-refractivity contribution is 0.445. The molecule has 0 atom stereocenters. The minimum absolute atomic E-state index is 0.340. The van der Waals surface area contributed by atoms with Crippen molar-refractivity contribution in [3.8, 4) is 0 Å². The van der Waals surface area contributed by atoms with Gasteiger partial charge >= 0.3 is 0 Å². The van der Waals surface area contributed by atoms with Gasteiger partial charge in [0.2, 0.25) is 0 Å². The lowest BCUT2D eigenvalue weighted by Gasteiger charge is -2.20. The van der Waals surface area contributed by atoms with Crippen LogP contribution in [0.5, 0.6) is 0 Å². The Labute approximate surface area is 95.0 Å². The first-order valence-electron chi connectivity index (χ1n) is 5.79. The molecule has 86 valence electrons. The van der Waals surface area contributed by atoms with Crippen LogP contribution in [0.25, 0.3) is 6.08 Å². The minimum Gasteiger partial charge on any atom is -0.207 e. The molecule has 1 aliphatic rings. The van der Waals surface area contributed by atoms with E-state index in [1.54, 1.807) is 0 Å². The quantitative estimate of drug-likeness (QED) is 0.653. The number of hydrogen-bond acceptors (Lipinski definition) is 0. The molecule has 0 amide bonds. The molecule has 0 bridgehead atoms. The minimum atomic E-state index is -0.377. The summed E-state index contributed by atoms with van der Waals surface area (Å²) in [5.41, 5.74) is 1.62. The SMILES string of the molecule is CC1CCC(=Cc2cc(F)ccc2F)CC1. The predicted molar refractivity (Wildman–Crippen MR) is 62.0 cm³/mol. The molecule has 1 aliphatic carbocycles. The summed E-state index contributed by atoms with van der Waals surface area (Å²) in [6, 6.07) is 3.60. The van der Waals surface area contributed by atoms with E-state index in [0.717, 1.165) is 37.7 Å². The molecule has 0 radical (unpaired) electrons. The predicted octanol–water partition coefficient (Wildman–Crippen LogP) is 4.56. The van der Waals surface area contributed by atoms with Gasteiger partial charge in [0.1, 0.15) is 11.6 Å². The van der Waals surface area contributed by atoms with E-state index >= 15 is 0 Å². The molecule has 16 heavy (non-hydrogen) atoms. The van der Waals surface area contributed by atoms with Gasteiger partial charge in [-0.25, -0.2) is 8.78 Å². The third-order valence-corrected chi connectivity index (χ3v) is 3.23. The first kappa shape index (κ1) is 11.3. The van der Waals surface area contributed by atoms with Crippen LogP contribution in [-0.2, 0) is 0 Å². The average Bonchev–Trinajstić information content (AvgIpc) is 2.27. The Balaban J connectivity index is 2.19. The Hall–Kier alpha value is -1.18. The van der Waals surface area contributed by atoms with E-state index < -0.39 is 0 Å². The first-order valence-corrected chi connectivity index (χ1v) is 5.79. The lowest BCUT2D eigenvalue weighted by Crippen LogP contribution is -2.03. The van der Waals surface area contributed by atoms with Crippen molar-refractivity contribution in [3.63, 3.8) is 0 Å². The summed E-state index contributed by atoms with van der Waals surface area (Å²) in [5.74, 6) is 0.0412. The zero-order chi connectivity index (χ0) is 11.5. The van der Waals surface area contributed by atoms with E-state index in [0.29, 0.717) is 5.56 Å². The molecule has 0 nitrogen and oxygen atoms in total. The Bertz CT molecular complexity index is 397. The van der Waals surface area contributed by atoms with Crippen LogP contribution in [0.4, 0.5) is 8.78 Å². The van der Waals surface area contributed by atoms with Gasteiger partial charge in [-0.3, -0.25) is 0 Å². The zero-order valence-corrected chi connectivity index (χ0v) is 9.47. The fourth-order valence-corrected chi connectivity index (χ4v) is 2.12. The number of allylic oxidation sites excluding steroid dienone is 1. The monoisotopic (exact) mass is 222 g/mol. The van der Waals surface area contributed by atoms with Gasteiger partial charge < -0.3 is 0 Å². The Morgan fingerprint density at radius 2 is 1.88 bits per heavy atom. The molecule has 2 heteroatoms. The topological polar surface area (TPSA) is 0 Å². The van der Waals surface area contributed by atoms with Crippen molar-refractivity contribution in [1.29, 1.82) is 0 Å². The summed E-state index contributed by atoms with van der Waals surface area (Å²) >= 11 is 0. The average molecular weight is 222 g/mol. The normalized spacial score (nSPS) is 20.9. The second kappa shape index (κ2) is 4.77. The summed E-state index contributed by atoms with van der Waals surface area (Å²) in [4.78, 5) is 0. The van der Waals surface area contributed by atoms with Gasteiger partial charge in [-0.1, -0.05) is 18.6 Å². The number of hydrogen-bond donors (Lipinski definition) is 0. The number of benzene rings is 1. The van der Waals surface area contributed by atoms with Crippen LogP contribution in [0, 0.1) is 17.6 Å². The van der Waals surface area contributed by atoms with Crippen molar-refractivity contribution < 1.29 is 8.78 Å². The van der Waals surface area contributed by atoms with Crippen molar-refractivity contribution >= 4 is 6.08 Å². The third-order valence-electron chi connectivity index (χ3n) is 3.23. The van der Waals surface area contributed by atoms with Crippen molar-refractivity contribution in [3.05, 3.63) is 41.0 Å². The summed E-state index contributed by atoms with van der Waals surface area (Å²) in [6.07, 6.45) is 6.14. The van der Waals surface area contributed by atoms with Crippen LogP contribution in [0.2, 0.25) is 0 Å². The van der Waals surface area contributed by atoms with Gasteiger partial charge in [0.05, 0.1) is 0 Å². The second-order valence-electron chi connectivity index (χ2n) is 4.65. The molecule has 0 heterocycles. The molecule has 0 N–H and O–H groups in total. The lowest BCUT2D eigenvalue weighted by atomic mass is 9.86. The van der Waals surface area contributed by atoms with Crippen LogP contribution in [0.3, 0.4) is 0 Å². The van der Waals surface area contributed by atoms with Crippen LogP contribution >= 0.6 is 0 Å². The smallest absolute Gasteiger partial charge is 0.130 e. The summed E-state index contributed by atoms with van der Waals surface area (Å²) < 4.78 is 26.4. The largest absolute Gasteiger partial charge is 0.207 e. The highest BCUT2D eigenvalue weighted by atomic mass is 19.1. The maximum absolute atomic E-state index is 13.4. The van der Waals surface area contributed by atoms with Gasteiger partial charge in [0.15, 0.2) is 0 Å².